The number of fused-ring (bicyclic) bond motifs is 1. The second kappa shape index (κ2) is 5.21. The molecular weight excluding hydrogens is 294 g/mol. The van der Waals surface area contributed by atoms with Gasteiger partial charge >= 0.3 is 12.0 Å². The summed E-state index contributed by atoms with van der Waals surface area (Å²) < 4.78 is 6.05. The molecule has 0 bridgehead atoms. The quantitative estimate of drug-likeness (QED) is 0.903. The number of carboxylic acids is 1. The molecule has 1 aromatic carbocycles. The molecule has 0 saturated carbocycles. The molecule has 2 aromatic rings. The number of methoxy groups -OCH3 is 1. The lowest BCUT2D eigenvalue weighted by atomic mass is 10.0. The number of carbonyl (C=O) groups excluding carboxylic acids is 1. The Morgan fingerprint density at radius 2 is 2.24 bits per heavy atom. The van der Waals surface area contributed by atoms with Crippen molar-refractivity contribution >= 4 is 38.7 Å². The van der Waals surface area contributed by atoms with Gasteiger partial charge in [0.1, 0.15) is 5.75 Å². The number of anilines is 1. The van der Waals surface area contributed by atoms with Crippen LogP contribution in [0.25, 0.3) is 10.2 Å². The molecule has 21 heavy (non-hydrogen) atoms. The number of nitrogens with zero attached hydrogens (tertiary/aromatic N) is 2. The number of nitrogens with one attached hydrogen (secondary N) is 1. The largest absolute Gasteiger partial charge is 0.497 e. The van der Waals surface area contributed by atoms with Crippen molar-refractivity contribution < 1.29 is 19.4 Å². The summed E-state index contributed by atoms with van der Waals surface area (Å²) in [6.07, 6.45) is 0. The van der Waals surface area contributed by atoms with Crippen LogP contribution in [-0.4, -0.2) is 47.2 Å². The van der Waals surface area contributed by atoms with Crippen molar-refractivity contribution in [3.63, 3.8) is 0 Å². The standard InChI is InChI=1S/C13H13N3O4S/c1-20-8-2-3-9-10(4-8)21-12(14-9)15-13(19)16-5-7(6-16)11(17)18/h2-4,7H,5-6H2,1H3,(H,17,18)(H,14,15,19). The highest BCUT2D eigenvalue weighted by atomic mass is 32.1. The molecule has 2 heterocycles. The lowest BCUT2D eigenvalue weighted by Gasteiger charge is -2.36. The number of ether oxygens (including phenoxy) is 1. The predicted molar refractivity (Wildman–Crippen MR) is 77.9 cm³/mol. The Balaban J connectivity index is 1.68. The third-order valence-corrected chi connectivity index (χ3v) is 4.26. The van der Waals surface area contributed by atoms with Crippen molar-refractivity contribution in [2.24, 2.45) is 5.92 Å². The fourth-order valence-electron chi connectivity index (χ4n) is 2.06. The molecule has 8 heteroatoms. The van der Waals surface area contributed by atoms with Crippen LogP contribution in [0.3, 0.4) is 0 Å². The van der Waals surface area contributed by atoms with Gasteiger partial charge in [0.05, 0.1) is 23.2 Å². The minimum absolute atomic E-state index is 0.236. The summed E-state index contributed by atoms with van der Waals surface area (Å²) in [5, 5.41) is 12.0. The molecule has 3 rings (SSSR count). The van der Waals surface area contributed by atoms with Crippen LogP contribution in [-0.2, 0) is 4.79 Å². The van der Waals surface area contributed by atoms with Crippen LogP contribution in [0.15, 0.2) is 18.2 Å². The number of benzene rings is 1. The number of hydrogen-bond donors (Lipinski definition) is 2. The molecule has 0 spiro atoms. The molecule has 1 fully saturated rings. The van der Waals surface area contributed by atoms with Crippen molar-refractivity contribution in [2.45, 2.75) is 0 Å². The summed E-state index contributed by atoms with van der Waals surface area (Å²) >= 11 is 1.35. The molecule has 0 atom stereocenters. The first-order chi connectivity index (χ1) is 10.1. The average molecular weight is 307 g/mol. The van der Waals surface area contributed by atoms with Gasteiger partial charge < -0.3 is 14.7 Å². The number of aliphatic carboxylic acids is 1. The molecule has 1 aromatic heterocycles. The van der Waals surface area contributed by atoms with Crippen molar-refractivity contribution in [1.82, 2.24) is 9.88 Å². The van der Waals surface area contributed by atoms with Crippen molar-refractivity contribution in [1.29, 1.82) is 0 Å². The first-order valence-electron chi connectivity index (χ1n) is 6.30. The topological polar surface area (TPSA) is 91.8 Å². The van der Waals surface area contributed by atoms with Gasteiger partial charge in [-0.15, -0.1) is 0 Å². The van der Waals surface area contributed by atoms with Crippen LogP contribution >= 0.6 is 11.3 Å². The van der Waals surface area contributed by atoms with E-state index in [2.05, 4.69) is 10.3 Å². The second-order valence-electron chi connectivity index (χ2n) is 4.72. The summed E-state index contributed by atoms with van der Waals surface area (Å²) in [6, 6.07) is 5.16. The number of aromatic nitrogens is 1. The van der Waals surface area contributed by atoms with E-state index in [0.29, 0.717) is 5.13 Å². The van der Waals surface area contributed by atoms with Crippen LogP contribution < -0.4 is 10.1 Å². The van der Waals surface area contributed by atoms with E-state index in [1.807, 2.05) is 12.1 Å². The first-order valence-corrected chi connectivity index (χ1v) is 7.12. The Morgan fingerprint density at radius 3 is 2.90 bits per heavy atom. The number of amides is 2. The van der Waals surface area contributed by atoms with Gasteiger partial charge in [0.25, 0.3) is 0 Å². The molecule has 1 aliphatic heterocycles. The summed E-state index contributed by atoms with van der Waals surface area (Å²) in [5.41, 5.74) is 0.781. The van der Waals surface area contributed by atoms with E-state index in [-0.39, 0.29) is 19.1 Å². The Bertz CT molecular complexity index is 709. The number of rotatable bonds is 3. The van der Waals surface area contributed by atoms with E-state index in [9.17, 15) is 9.59 Å². The highest BCUT2D eigenvalue weighted by Gasteiger charge is 2.35. The normalized spacial score (nSPS) is 14.8. The number of carbonyl (C=O) groups is 2. The predicted octanol–water partition coefficient (Wildman–Crippen LogP) is 1.85. The molecule has 1 aliphatic rings. The third-order valence-electron chi connectivity index (χ3n) is 3.33. The number of likely N-dealkylation sites (tertiary alicyclic amines) is 1. The van der Waals surface area contributed by atoms with Crippen LogP contribution in [0.5, 0.6) is 5.75 Å². The minimum Gasteiger partial charge on any atom is -0.497 e. The van der Waals surface area contributed by atoms with Gasteiger partial charge in [-0.3, -0.25) is 10.1 Å². The van der Waals surface area contributed by atoms with Crippen LogP contribution in [0.1, 0.15) is 0 Å². The maximum absolute atomic E-state index is 11.9. The summed E-state index contributed by atoms with van der Waals surface area (Å²) in [4.78, 5) is 28.4. The highest BCUT2D eigenvalue weighted by Crippen LogP contribution is 2.29. The van der Waals surface area contributed by atoms with Gasteiger partial charge in [-0.1, -0.05) is 11.3 Å². The summed E-state index contributed by atoms with van der Waals surface area (Å²) in [6.45, 7) is 0.472. The SMILES string of the molecule is COc1ccc2nc(NC(=O)N3CC(C(=O)O)C3)sc2c1. The Labute approximate surface area is 124 Å². The average Bonchev–Trinajstić information content (AvgIpc) is 2.77. The van der Waals surface area contributed by atoms with Crippen molar-refractivity contribution in [2.75, 3.05) is 25.5 Å². The van der Waals surface area contributed by atoms with Crippen LogP contribution in [0, 0.1) is 5.92 Å². The zero-order valence-electron chi connectivity index (χ0n) is 11.2. The van der Waals surface area contributed by atoms with E-state index < -0.39 is 11.9 Å². The van der Waals surface area contributed by atoms with Gasteiger partial charge in [0.15, 0.2) is 5.13 Å². The molecular formula is C13H13N3O4S. The number of carboxylic acid groups (broad SMARTS) is 1. The van der Waals surface area contributed by atoms with Gasteiger partial charge in [-0.05, 0) is 18.2 Å². The monoisotopic (exact) mass is 307 g/mol. The fraction of sp³-hybridized carbons (Fsp3) is 0.308. The molecule has 0 unspecified atom stereocenters. The lowest BCUT2D eigenvalue weighted by molar-refractivity contribution is -0.145. The maximum atomic E-state index is 11.9. The van der Waals surface area contributed by atoms with Gasteiger partial charge in [-0.25, -0.2) is 9.78 Å². The van der Waals surface area contributed by atoms with E-state index in [1.54, 1.807) is 13.2 Å². The lowest BCUT2D eigenvalue weighted by Crippen LogP contribution is -2.54. The Kier molecular flexibility index (Phi) is 3.38. The van der Waals surface area contributed by atoms with Crippen LogP contribution in [0.4, 0.5) is 9.93 Å². The highest BCUT2D eigenvalue weighted by molar-refractivity contribution is 7.22. The second-order valence-corrected chi connectivity index (χ2v) is 5.75. The van der Waals surface area contributed by atoms with E-state index in [1.165, 1.54) is 16.2 Å². The maximum Gasteiger partial charge on any atom is 0.323 e. The zero-order chi connectivity index (χ0) is 15.0. The van der Waals surface area contributed by atoms with Gasteiger partial charge in [0, 0.05) is 13.1 Å². The van der Waals surface area contributed by atoms with Gasteiger partial charge in [0.2, 0.25) is 0 Å². The summed E-state index contributed by atoms with van der Waals surface area (Å²) in [7, 11) is 1.59. The number of hydrogen-bond acceptors (Lipinski definition) is 5. The fourth-order valence-corrected chi connectivity index (χ4v) is 2.94. The van der Waals surface area contributed by atoms with Crippen molar-refractivity contribution in [3.8, 4) is 5.75 Å². The molecule has 0 radical (unpaired) electrons. The number of urea groups is 1. The van der Waals surface area contributed by atoms with E-state index in [0.717, 1.165) is 16.0 Å². The minimum atomic E-state index is -0.869. The van der Waals surface area contributed by atoms with E-state index >= 15 is 0 Å². The molecule has 0 aliphatic carbocycles. The molecule has 1 saturated heterocycles. The summed E-state index contributed by atoms with van der Waals surface area (Å²) in [5.74, 6) is -0.599. The third kappa shape index (κ3) is 2.62. The van der Waals surface area contributed by atoms with Crippen molar-refractivity contribution in [3.05, 3.63) is 18.2 Å². The Hall–Kier alpha value is -2.35. The first kappa shape index (κ1) is 13.6. The smallest absolute Gasteiger partial charge is 0.323 e. The van der Waals surface area contributed by atoms with Gasteiger partial charge in [-0.2, -0.15) is 0 Å². The zero-order valence-corrected chi connectivity index (χ0v) is 12.0. The number of thiazole rings is 1. The van der Waals surface area contributed by atoms with E-state index in [4.69, 9.17) is 9.84 Å². The molecule has 2 N–H and O–H groups in total. The Morgan fingerprint density at radius 1 is 1.48 bits per heavy atom. The molecule has 110 valence electrons. The van der Waals surface area contributed by atoms with Crippen LogP contribution in [0.2, 0.25) is 0 Å². The molecule has 2 amide bonds. The molecule has 7 nitrogen and oxygen atoms in total.